The highest BCUT2D eigenvalue weighted by atomic mass is 16.2. The number of carbonyl (C=O) groups is 2. The van der Waals surface area contributed by atoms with Gasteiger partial charge in [0.05, 0.1) is 0 Å². The molecule has 4 nitrogen and oxygen atoms in total. The van der Waals surface area contributed by atoms with Crippen molar-refractivity contribution in [3.63, 3.8) is 0 Å². The zero-order valence-corrected chi connectivity index (χ0v) is 15.5. The van der Waals surface area contributed by atoms with Crippen LogP contribution in [0.25, 0.3) is 0 Å². The normalized spacial score (nSPS) is 30.1. The zero-order valence-electron chi connectivity index (χ0n) is 15.5. The van der Waals surface area contributed by atoms with Gasteiger partial charge in [0.1, 0.15) is 0 Å². The van der Waals surface area contributed by atoms with Gasteiger partial charge in [0.25, 0.3) is 0 Å². The Balaban J connectivity index is 1.83. The molecule has 2 fully saturated rings. The molecule has 2 rings (SSSR count). The van der Waals surface area contributed by atoms with Gasteiger partial charge in [0.2, 0.25) is 11.8 Å². The Morgan fingerprint density at radius 3 is 2.17 bits per heavy atom. The molecule has 132 valence electrons. The summed E-state index contributed by atoms with van der Waals surface area (Å²) in [6.07, 6.45) is 5.20. The van der Waals surface area contributed by atoms with Crippen molar-refractivity contribution in [2.45, 2.75) is 72.8 Å². The first-order chi connectivity index (χ1) is 10.7. The quantitative estimate of drug-likeness (QED) is 0.848. The van der Waals surface area contributed by atoms with E-state index in [1.165, 1.54) is 12.8 Å². The average molecular weight is 322 g/mol. The van der Waals surface area contributed by atoms with Gasteiger partial charge >= 0.3 is 0 Å². The molecule has 0 aromatic heterocycles. The molecule has 2 aliphatic rings. The Kier molecular flexibility index (Phi) is 5.74. The van der Waals surface area contributed by atoms with Gasteiger partial charge in [-0.05, 0) is 31.1 Å². The number of nitrogens with zero attached hydrogens (tertiary/aromatic N) is 1. The van der Waals surface area contributed by atoms with E-state index in [2.05, 4.69) is 19.2 Å². The highest BCUT2D eigenvalue weighted by Crippen LogP contribution is 2.30. The van der Waals surface area contributed by atoms with Crippen LogP contribution in [-0.4, -0.2) is 35.8 Å². The molecule has 2 amide bonds. The first-order valence-electron chi connectivity index (χ1n) is 9.30. The Hall–Kier alpha value is -1.06. The Morgan fingerprint density at radius 2 is 1.61 bits per heavy atom. The number of rotatable bonds is 2. The van der Waals surface area contributed by atoms with E-state index in [1.54, 1.807) is 0 Å². The average Bonchev–Trinajstić information content (AvgIpc) is 2.50. The summed E-state index contributed by atoms with van der Waals surface area (Å²) in [5.74, 6) is 1.74. The molecule has 3 atom stereocenters. The summed E-state index contributed by atoms with van der Waals surface area (Å²) in [6, 6.07) is 0.334. The Labute approximate surface area is 141 Å². The minimum atomic E-state index is -0.331. The summed E-state index contributed by atoms with van der Waals surface area (Å²) in [6.45, 7) is 11.9. The number of piperidine rings is 1. The lowest BCUT2D eigenvalue weighted by Crippen LogP contribution is -2.50. The van der Waals surface area contributed by atoms with Gasteiger partial charge < -0.3 is 10.2 Å². The third kappa shape index (κ3) is 4.48. The SMILES string of the molecule is C[C@H]1[C@H](C)CCC[C@@H]1NC(=O)C1CCN(C(=O)C(C)(C)C)CC1. The van der Waals surface area contributed by atoms with E-state index >= 15 is 0 Å². The van der Waals surface area contributed by atoms with Gasteiger partial charge in [0, 0.05) is 30.5 Å². The van der Waals surface area contributed by atoms with E-state index in [0.29, 0.717) is 31.0 Å². The number of amides is 2. The number of nitrogens with one attached hydrogen (secondary N) is 1. The first-order valence-corrected chi connectivity index (χ1v) is 9.30. The number of hydrogen-bond acceptors (Lipinski definition) is 2. The standard InChI is InChI=1S/C19H34N2O2/c1-13-7-6-8-16(14(13)2)20-17(22)15-9-11-21(12-10-15)18(23)19(3,4)5/h13-16H,6-12H2,1-5H3,(H,20,22)/t13-,14+,16+/m1/s1. The molecule has 0 bridgehead atoms. The van der Waals surface area contributed by atoms with Gasteiger partial charge in [-0.2, -0.15) is 0 Å². The molecule has 1 aliphatic carbocycles. The Bertz CT molecular complexity index is 433. The van der Waals surface area contributed by atoms with E-state index < -0.39 is 0 Å². The largest absolute Gasteiger partial charge is 0.353 e. The summed E-state index contributed by atoms with van der Waals surface area (Å²) in [5.41, 5.74) is -0.331. The highest BCUT2D eigenvalue weighted by Gasteiger charge is 2.34. The molecule has 1 N–H and O–H groups in total. The maximum absolute atomic E-state index is 12.6. The van der Waals surface area contributed by atoms with Gasteiger partial charge in [0.15, 0.2) is 0 Å². The minimum absolute atomic E-state index is 0.0726. The fourth-order valence-electron chi connectivity index (χ4n) is 3.91. The molecule has 1 aliphatic heterocycles. The summed E-state index contributed by atoms with van der Waals surface area (Å²) >= 11 is 0. The summed E-state index contributed by atoms with van der Waals surface area (Å²) < 4.78 is 0. The van der Waals surface area contributed by atoms with Gasteiger partial charge in [-0.3, -0.25) is 9.59 Å². The van der Waals surface area contributed by atoms with Gasteiger partial charge in [-0.15, -0.1) is 0 Å². The van der Waals surface area contributed by atoms with Crippen molar-refractivity contribution in [3.8, 4) is 0 Å². The second kappa shape index (κ2) is 7.23. The Morgan fingerprint density at radius 1 is 1.00 bits per heavy atom. The molecular formula is C19H34N2O2. The molecule has 0 aromatic carbocycles. The third-order valence-corrected chi connectivity index (χ3v) is 5.83. The maximum Gasteiger partial charge on any atom is 0.227 e. The number of hydrogen-bond donors (Lipinski definition) is 1. The van der Waals surface area contributed by atoms with Crippen molar-refractivity contribution in [2.24, 2.45) is 23.2 Å². The van der Waals surface area contributed by atoms with Crippen LogP contribution in [0.15, 0.2) is 0 Å². The molecular weight excluding hydrogens is 288 g/mol. The van der Waals surface area contributed by atoms with Crippen LogP contribution in [0.4, 0.5) is 0 Å². The smallest absolute Gasteiger partial charge is 0.227 e. The van der Waals surface area contributed by atoms with Crippen molar-refractivity contribution in [1.82, 2.24) is 10.2 Å². The zero-order chi connectivity index (χ0) is 17.2. The molecule has 0 radical (unpaired) electrons. The highest BCUT2D eigenvalue weighted by molar-refractivity contribution is 5.82. The lowest BCUT2D eigenvalue weighted by atomic mass is 9.77. The number of carbonyl (C=O) groups excluding carboxylic acids is 2. The second-order valence-electron chi connectivity index (χ2n) is 8.70. The van der Waals surface area contributed by atoms with Crippen LogP contribution in [0.2, 0.25) is 0 Å². The van der Waals surface area contributed by atoms with E-state index in [9.17, 15) is 9.59 Å². The van der Waals surface area contributed by atoms with Crippen LogP contribution >= 0.6 is 0 Å². The lowest BCUT2D eigenvalue weighted by Gasteiger charge is -2.38. The second-order valence-corrected chi connectivity index (χ2v) is 8.70. The molecule has 0 spiro atoms. The summed E-state index contributed by atoms with van der Waals surface area (Å²) in [7, 11) is 0. The molecule has 1 saturated heterocycles. The van der Waals surface area contributed by atoms with Crippen LogP contribution in [0.1, 0.15) is 66.7 Å². The molecule has 1 saturated carbocycles. The van der Waals surface area contributed by atoms with E-state index in [0.717, 1.165) is 19.3 Å². The summed E-state index contributed by atoms with van der Waals surface area (Å²) in [4.78, 5) is 26.8. The van der Waals surface area contributed by atoms with E-state index in [4.69, 9.17) is 0 Å². The number of likely N-dealkylation sites (tertiary alicyclic amines) is 1. The molecule has 23 heavy (non-hydrogen) atoms. The van der Waals surface area contributed by atoms with Crippen molar-refractivity contribution in [1.29, 1.82) is 0 Å². The van der Waals surface area contributed by atoms with Crippen LogP contribution < -0.4 is 5.32 Å². The molecule has 0 aromatic rings. The van der Waals surface area contributed by atoms with Crippen molar-refractivity contribution < 1.29 is 9.59 Å². The van der Waals surface area contributed by atoms with Gasteiger partial charge in [-0.1, -0.05) is 47.5 Å². The minimum Gasteiger partial charge on any atom is -0.353 e. The lowest BCUT2D eigenvalue weighted by molar-refractivity contribution is -0.142. The fourth-order valence-corrected chi connectivity index (χ4v) is 3.91. The third-order valence-electron chi connectivity index (χ3n) is 5.83. The van der Waals surface area contributed by atoms with Crippen LogP contribution in [0, 0.1) is 23.2 Å². The van der Waals surface area contributed by atoms with Gasteiger partial charge in [-0.25, -0.2) is 0 Å². The predicted molar refractivity (Wildman–Crippen MR) is 92.9 cm³/mol. The molecule has 4 heteroatoms. The van der Waals surface area contributed by atoms with E-state index in [-0.39, 0.29) is 23.1 Å². The topological polar surface area (TPSA) is 49.4 Å². The van der Waals surface area contributed by atoms with Crippen LogP contribution in [-0.2, 0) is 9.59 Å². The van der Waals surface area contributed by atoms with Crippen molar-refractivity contribution in [2.75, 3.05) is 13.1 Å². The first kappa shape index (κ1) is 18.3. The van der Waals surface area contributed by atoms with E-state index in [1.807, 2.05) is 25.7 Å². The van der Waals surface area contributed by atoms with Crippen LogP contribution in [0.3, 0.4) is 0 Å². The fraction of sp³-hybridized carbons (Fsp3) is 0.895. The molecule has 1 heterocycles. The molecule has 0 unspecified atom stereocenters. The van der Waals surface area contributed by atoms with Crippen molar-refractivity contribution in [3.05, 3.63) is 0 Å². The predicted octanol–water partition coefficient (Wildman–Crippen LogP) is 3.21. The maximum atomic E-state index is 12.6. The van der Waals surface area contributed by atoms with Crippen LogP contribution in [0.5, 0.6) is 0 Å². The van der Waals surface area contributed by atoms with Crippen molar-refractivity contribution >= 4 is 11.8 Å². The summed E-state index contributed by atoms with van der Waals surface area (Å²) in [5, 5.41) is 3.30. The monoisotopic (exact) mass is 322 g/mol.